The van der Waals surface area contributed by atoms with Crippen molar-refractivity contribution in [3.05, 3.63) is 37.1 Å². The summed E-state index contributed by atoms with van der Waals surface area (Å²) in [7, 11) is 0.400. The predicted octanol–water partition coefficient (Wildman–Crippen LogP) is 2.41. The van der Waals surface area contributed by atoms with Gasteiger partial charge in [0.1, 0.15) is 5.82 Å². The van der Waals surface area contributed by atoms with Gasteiger partial charge in [0.05, 0.1) is 5.75 Å². The van der Waals surface area contributed by atoms with Gasteiger partial charge in [-0.25, -0.2) is 13.4 Å². The summed E-state index contributed by atoms with van der Waals surface area (Å²) >= 11 is 0. The number of aliphatic imine (C=N–C) groups is 1. The number of sulfonamides is 1. The molecule has 0 amide bonds. The molecular weight excluding hydrogens is 527 g/mol. The Kier molecular flexibility index (Phi) is 13.0. The third-order valence-corrected chi connectivity index (χ3v) is 7.10. The summed E-state index contributed by atoms with van der Waals surface area (Å²) in [6, 6.07) is 5.78. The molecule has 0 aliphatic carbocycles. The molecule has 1 aromatic heterocycles. The van der Waals surface area contributed by atoms with E-state index in [0.717, 1.165) is 44.0 Å². The third-order valence-electron chi connectivity index (χ3n) is 5.22. The molecule has 2 heterocycles. The molecule has 8 nitrogen and oxygen atoms in total. The van der Waals surface area contributed by atoms with Gasteiger partial charge in [0.15, 0.2) is 5.96 Å². The maximum Gasteiger partial charge on any atom is 0.215 e. The zero-order valence-corrected chi connectivity index (χ0v) is 21.9. The molecular formula is C21H37IN6O2S. The van der Waals surface area contributed by atoms with Crippen LogP contribution in [0.25, 0.3) is 0 Å². The van der Waals surface area contributed by atoms with E-state index in [1.807, 2.05) is 36.2 Å². The number of nitrogens with one attached hydrogen (secondary N) is 1. The lowest BCUT2D eigenvalue weighted by Gasteiger charge is -2.34. The Morgan fingerprint density at radius 3 is 2.61 bits per heavy atom. The second-order valence-electron chi connectivity index (χ2n) is 7.42. The summed E-state index contributed by atoms with van der Waals surface area (Å²) in [6.45, 7) is 7.25. The lowest BCUT2D eigenvalue weighted by molar-refractivity contribution is 0.383. The van der Waals surface area contributed by atoms with Gasteiger partial charge in [-0.3, -0.25) is 4.99 Å². The van der Waals surface area contributed by atoms with Crippen molar-refractivity contribution in [2.45, 2.75) is 25.7 Å². The van der Waals surface area contributed by atoms with Gasteiger partial charge < -0.3 is 15.1 Å². The molecule has 1 fully saturated rings. The number of anilines is 1. The van der Waals surface area contributed by atoms with Gasteiger partial charge in [-0.15, -0.1) is 30.6 Å². The zero-order chi connectivity index (χ0) is 21.8. The number of piperazine rings is 1. The monoisotopic (exact) mass is 564 g/mol. The van der Waals surface area contributed by atoms with E-state index < -0.39 is 10.0 Å². The van der Waals surface area contributed by atoms with E-state index in [1.54, 1.807) is 17.5 Å². The molecule has 31 heavy (non-hydrogen) atoms. The molecule has 1 aromatic rings. The van der Waals surface area contributed by atoms with E-state index in [-0.39, 0.29) is 29.7 Å². The van der Waals surface area contributed by atoms with Crippen LogP contribution in [0.2, 0.25) is 0 Å². The van der Waals surface area contributed by atoms with Crippen molar-refractivity contribution in [3.8, 4) is 0 Å². The Hall–Kier alpha value is -1.40. The molecule has 0 bridgehead atoms. The minimum atomic E-state index is -3.30. The Balaban J connectivity index is 0.00000480. The van der Waals surface area contributed by atoms with E-state index in [1.165, 1.54) is 0 Å². The summed E-state index contributed by atoms with van der Waals surface area (Å²) in [5, 5.41) is 3.18. The van der Waals surface area contributed by atoms with Gasteiger partial charge in [0.2, 0.25) is 10.0 Å². The fraction of sp³-hybridized carbons (Fsp3) is 0.619. The van der Waals surface area contributed by atoms with Crippen LogP contribution in [0.5, 0.6) is 0 Å². The number of aromatic nitrogens is 1. The van der Waals surface area contributed by atoms with Crippen LogP contribution in [-0.4, -0.2) is 87.7 Å². The minimum absolute atomic E-state index is 0. The second kappa shape index (κ2) is 14.6. The average Bonchev–Trinajstić information content (AvgIpc) is 2.77. The van der Waals surface area contributed by atoms with Crippen LogP contribution in [-0.2, 0) is 10.0 Å². The molecule has 0 radical (unpaired) electrons. The first kappa shape index (κ1) is 27.6. The maximum atomic E-state index is 12.7. The van der Waals surface area contributed by atoms with Crippen LogP contribution in [0, 0.1) is 0 Å². The number of allylic oxidation sites excluding steroid dienone is 1. The average molecular weight is 565 g/mol. The van der Waals surface area contributed by atoms with Crippen molar-refractivity contribution in [3.63, 3.8) is 0 Å². The highest BCUT2D eigenvalue weighted by molar-refractivity contribution is 14.0. The molecule has 0 spiro atoms. The molecule has 1 aliphatic heterocycles. The van der Waals surface area contributed by atoms with Crippen molar-refractivity contribution in [2.24, 2.45) is 4.99 Å². The molecule has 0 unspecified atom stereocenters. The summed E-state index contributed by atoms with van der Waals surface area (Å²) in [4.78, 5) is 12.8. The normalized spacial score (nSPS) is 15.3. The predicted molar refractivity (Wildman–Crippen MR) is 140 cm³/mol. The van der Waals surface area contributed by atoms with Crippen molar-refractivity contribution >= 4 is 45.8 Å². The number of nitrogens with zero attached hydrogens (tertiary/aromatic N) is 5. The Labute approximate surface area is 204 Å². The van der Waals surface area contributed by atoms with Gasteiger partial charge in [0.25, 0.3) is 0 Å². The highest BCUT2D eigenvalue weighted by Gasteiger charge is 2.27. The lowest BCUT2D eigenvalue weighted by Crippen LogP contribution is -2.50. The van der Waals surface area contributed by atoms with Gasteiger partial charge in [-0.05, 0) is 31.4 Å². The maximum absolute atomic E-state index is 12.7. The SMILES string of the molecule is C=CCCCCCN(C)C(=NC)NCCS(=O)(=O)N1CCN(c2ccccn2)CC1.I. The van der Waals surface area contributed by atoms with Crippen molar-refractivity contribution in [1.29, 1.82) is 0 Å². The first-order chi connectivity index (χ1) is 14.5. The first-order valence-corrected chi connectivity index (χ1v) is 12.3. The van der Waals surface area contributed by atoms with E-state index in [9.17, 15) is 8.42 Å². The second-order valence-corrected chi connectivity index (χ2v) is 9.51. The lowest BCUT2D eigenvalue weighted by atomic mass is 10.2. The number of hydrogen-bond donors (Lipinski definition) is 1. The fourth-order valence-corrected chi connectivity index (χ4v) is 4.80. The summed E-state index contributed by atoms with van der Waals surface area (Å²) < 4.78 is 27.0. The molecule has 1 saturated heterocycles. The molecule has 10 heteroatoms. The molecule has 0 saturated carbocycles. The van der Waals surface area contributed by atoms with Crippen molar-refractivity contribution in [2.75, 3.05) is 64.0 Å². The zero-order valence-electron chi connectivity index (χ0n) is 18.7. The summed E-state index contributed by atoms with van der Waals surface area (Å²) in [5.41, 5.74) is 0. The van der Waals surface area contributed by atoms with Crippen LogP contribution in [0.4, 0.5) is 5.82 Å². The highest BCUT2D eigenvalue weighted by Crippen LogP contribution is 2.14. The van der Waals surface area contributed by atoms with Gasteiger partial charge in [0, 0.05) is 59.6 Å². The number of guanidine groups is 1. The molecule has 176 valence electrons. The van der Waals surface area contributed by atoms with Crippen molar-refractivity contribution in [1.82, 2.24) is 19.5 Å². The van der Waals surface area contributed by atoms with E-state index in [2.05, 4.69) is 26.8 Å². The summed E-state index contributed by atoms with van der Waals surface area (Å²) in [5.74, 6) is 1.68. The molecule has 1 aliphatic rings. The topological polar surface area (TPSA) is 81.1 Å². The number of pyridine rings is 1. The van der Waals surface area contributed by atoms with Crippen LogP contribution in [0.15, 0.2) is 42.0 Å². The number of unbranched alkanes of at least 4 members (excludes halogenated alkanes) is 3. The van der Waals surface area contributed by atoms with E-state index in [0.29, 0.717) is 32.7 Å². The highest BCUT2D eigenvalue weighted by atomic mass is 127. The van der Waals surface area contributed by atoms with Crippen molar-refractivity contribution < 1.29 is 8.42 Å². The van der Waals surface area contributed by atoms with E-state index >= 15 is 0 Å². The minimum Gasteiger partial charge on any atom is -0.355 e. The number of rotatable bonds is 11. The molecule has 0 atom stereocenters. The Morgan fingerprint density at radius 1 is 1.26 bits per heavy atom. The van der Waals surface area contributed by atoms with Crippen LogP contribution in [0.1, 0.15) is 25.7 Å². The van der Waals surface area contributed by atoms with Crippen LogP contribution in [0.3, 0.4) is 0 Å². The quantitative estimate of drug-likeness (QED) is 0.146. The standard InChI is InChI=1S/C21H36N6O2S.HI/c1-4-5-6-7-10-14-25(3)21(22-2)24-13-19-30(28,29)27-17-15-26(16-18-27)20-11-8-9-12-23-20;/h4,8-9,11-12H,1,5-7,10,13-19H2,2-3H3,(H,22,24);1H. The molecule has 0 aromatic carbocycles. The fourth-order valence-electron chi connectivity index (χ4n) is 3.46. The smallest absolute Gasteiger partial charge is 0.215 e. The number of hydrogen-bond acceptors (Lipinski definition) is 5. The van der Waals surface area contributed by atoms with Crippen LogP contribution < -0.4 is 10.2 Å². The summed E-state index contributed by atoms with van der Waals surface area (Å²) in [6.07, 6.45) is 8.12. The molecule has 2 rings (SSSR count). The van der Waals surface area contributed by atoms with Gasteiger partial charge >= 0.3 is 0 Å². The third kappa shape index (κ3) is 9.32. The first-order valence-electron chi connectivity index (χ1n) is 10.6. The largest absolute Gasteiger partial charge is 0.355 e. The van der Waals surface area contributed by atoms with Gasteiger partial charge in [-0.1, -0.05) is 18.6 Å². The van der Waals surface area contributed by atoms with Gasteiger partial charge in [-0.2, -0.15) is 4.31 Å². The van der Waals surface area contributed by atoms with E-state index in [4.69, 9.17) is 0 Å². The van der Waals surface area contributed by atoms with Crippen LogP contribution >= 0.6 is 24.0 Å². The number of halogens is 1. The Morgan fingerprint density at radius 2 is 2.00 bits per heavy atom. The molecule has 1 N–H and O–H groups in total. The Bertz CT molecular complexity index is 767.